The minimum Gasteiger partial charge on any atom is -0.480 e. The van der Waals surface area contributed by atoms with Crippen LogP contribution < -0.4 is 4.74 Å². The van der Waals surface area contributed by atoms with Crippen molar-refractivity contribution in [3.05, 3.63) is 48.5 Å². The quantitative estimate of drug-likeness (QED) is 0.590. The van der Waals surface area contributed by atoms with Crippen molar-refractivity contribution in [2.75, 3.05) is 20.3 Å². The van der Waals surface area contributed by atoms with Gasteiger partial charge in [0.2, 0.25) is 11.8 Å². The molecule has 0 radical (unpaired) electrons. The molecule has 0 saturated carbocycles. The number of rotatable bonds is 8. The van der Waals surface area contributed by atoms with Gasteiger partial charge in [-0.15, -0.1) is 0 Å². The number of carboxylic acid groups (broad SMARTS) is 1. The second kappa shape index (κ2) is 10.7. The molecule has 1 amide bonds. The second-order valence-corrected chi connectivity index (χ2v) is 9.68. The number of ether oxygens (including phenoxy) is 2. The van der Waals surface area contributed by atoms with E-state index in [-0.39, 0.29) is 37.8 Å². The monoisotopic (exact) mass is 468 g/mol. The topological polar surface area (TPSA) is 106 Å². The highest BCUT2D eigenvalue weighted by Gasteiger charge is 2.45. The van der Waals surface area contributed by atoms with Gasteiger partial charge in [-0.25, -0.2) is 9.78 Å². The second-order valence-electron chi connectivity index (χ2n) is 9.68. The molecule has 1 saturated heterocycles. The predicted octanol–water partition coefficient (Wildman–Crippen LogP) is 3.65. The molecule has 0 unspecified atom stereocenters. The molecule has 0 spiro atoms. The van der Waals surface area contributed by atoms with Crippen molar-refractivity contribution in [1.82, 2.24) is 9.88 Å². The predicted molar refractivity (Wildman–Crippen MR) is 126 cm³/mol. The van der Waals surface area contributed by atoms with Gasteiger partial charge in [-0.1, -0.05) is 57.2 Å². The number of hydrogen-bond acceptors (Lipinski definition) is 6. The number of amides is 1. The Kier molecular flexibility index (Phi) is 7.91. The molecule has 1 N–H and O–H groups in total. The maximum Gasteiger partial charge on any atom is 0.326 e. The molecular weight excluding hydrogens is 436 g/mol. The SMILES string of the molecule is COC(=O)C[C@H](C(=O)N1C[C@H](COc2cccc(-c3ccccc3)n2)C[C@H]1C(=O)O)C(C)(C)C. The molecule has 1 aliphatic rings. The fourth-order valence-electron chi connectivity index (χ4n) is 4.20. The van der Waals surface area contributed by atoms with Gasteiger partial charge in [-0.05, 0) is 17.9 Å². The number of hydrogen-bond donors (Lipinski definition) is 1. The summed E-state index contributed by atoms with van der Waals surface area (Å²) in [5, 5.41) is 9.77. The summed E-state index contributed by atoms with van der Waals surface area (Å²) in [5.41, 5.74) is 1.21. The van der Waals surface area contributed by atoms with E-state index in [1.54, 1.807) is 6.07 Å². The van der Waals surface area contributed by atoms with E-state index in [4.69, 9.17) is 9.47 Å². The first kappa shape index (κ1) is 25.2. The number of esters is 1. The van der Waals surface area contributed by atoms with Crippen LogP contribution in [0.25, 0.3) is 11.3 Å². The lowest BCUT2D eigenvalue weighted by molar-refractivity contribution is -0.154. The molecule has 1 aliphatic heterocycles. The van der Waals surface area contributed by atoms with E-state index in [1.807, 2.05) is 63.2 Å². The van der Waals surface area contributed by atoms with Gasteiger partial charge in [0, 0.05) is 24.1 Å². The maximum atomic E-state index is 13.4. The van der Waals surface area contributed by atoms with Gasteiger partial charge in [-0.3, -0.25) is 9.59 Å². The van der Waals surface area contributed by atoms with Crippen molar-refractivity contribution < 1.29 is 29.0 Å². The molecule has 182 valence electrons. The Morgan fingerprint density at radius 3 is 2.44 bits per heavy atom. The number of carbonyl (C=O) groups is 3. The van der Waals surface area contributed by atoms with Crippen molar-refractivity contribution >= 4 is 17.8 Å². The molecule has 0 bridgehead atoms. The van der Waals surface area contributed by atoms with Crippen molar-refractivity contribution in [2.45, 2.75) is 39.7 Å². The zero-order valence-electron chi connectivity index (χ0n) is 20.1. The molecule has 0 aliphatic carbocycles. The van der Waals surface area contributed by atoms with Gasteiger partial charge in [-0.2, -0.15) is 0 Å². The average molecular weight is 469 g/mol. The summed E-state index contributed by atoms with van der Waals surface area (Å²) in [6.07, 6.45) is 0.174. The summed E-state index contributed by atoms with van der Waals surface area (Å²) < 4.78 is 10.7. The van der Waals surface area contributed by atoms with Crippen LogP contribution in [0.5, 0.6) is 5.88 Å². The van der Waals surface area contributed by atoms with Crippen LogP contribution in [0.1, 0.15) is 33.6 Å². The van der Waals surface area contributed by atoms with Gasteiger partial charge in [0.25, 0.3) is 0 Å². The molecule has 8 heteroatoms. The third kappa shape index (κ3) is 6.12. The first-order valence-corrected chi connectivity index (χ1v) is 11.4. The summed E-state index contributed by atoms with van der Waals surface area (Å²) in [5.74, 6) is -2.33. The lowest BCUT2D eigenvalue weighted by Crippen LogP contribution is -2.47. The number of carbonyl (C=O) groups excluding carboxylic acids is 2. The highest BCUT2D eigenvalue weighted by atomic mass is 16.5. The van der Waals surface area contributed by atoms with Crippen LogP contribution in [-0.2, 0) is 19.1 Å². The van der Waals surface area contributed by atoms with Gasteiger partial charge >= 0.3 is 11.9 Å². The first-order chi connectivity index (χ1) is 16.1. The number of nitrogens with zero attached hydrogens (tertiary/aromatic N) is 2. The Labute approximate surface area is 199 Å². The van der Waals surface area contributed by atoms with Gasteiger partial charge in [0.15, 0.2) is 0 Å². The van der Waals surface area contributed by atoms with Crippen LogP contribution >= 0.6 is 0 Å². The largest absolute Gasteiger partial charge is 0.480 e. The number of aliphatic carboxylic acids is 1. The number of benzene rings is 1. The highest BCUT2D eigenvalue weighted by molar-refractivity contribution is 5.88. The first-order valence-electron chi connectivity index (χ1n) is 11.4. The van der Waals surface area contributed by atoms with Gasteiger partial charge < -0.3 is 19.5 Å². The van der Waals surface area contributed by atoms with E-state index >= 15 is 0 Å². The van der Waals surface area contributed by atoms with E-state index in [9.17, 15) is 19.5 Å². The molecule has 3 atom stereocenters. The van der Waals surface area contributed by atoms with E-state index in [0.29, 0.717) is 5.88 Å². The van der Waals surface area contributed by atoms with Crippen molar-refractivity contribution in [1.29, 1.82) is 0 Å². The number of likely N-dealkylation sites (tertiary alicyclic amines) is 1. The Hall–Kier alpha value is -3.42. The molecule has 8 nitrogen and oxygen atoms in total. The van der Waals surface area contributed by atoms with E-state index in [2.05, 4.69) is 4.98 Å². The normalized spacial score (nSPS) is 18.9. The molecule has 2 heterocycles. The highest BCUT2D eigenvalue weighted by Crippen LogP contribution is 2.34. The third-order valence-corrected chi connectivity index (χ3v) is 6.16. The Bertz CT molecular complexity index is 1020. The summed E-state index contributed by atoms with van der Waals surface area (Å²) in [6, 6.07) is 14.3. The van der Waals surface area contributed by atoms with Crippen LogP contribution in [0.3, 0.4) is 0 Å². The van der Waals surface area contributed by atoms with Crippen LogP contribution in [-0.4, -0.2) is 59.1 Å². The summed E-state index contributed by atoms with van der Waals surface area (Å²) in [4.78, 5) is 43.2. The minimum atomic E-state index is -1.06. The molecule has 1 aromatic carbocycles. The van der Waals surface area contributed by atoms with Crippen LogP contribution in [0.4, 0.5) is 0 Å². The smallest absolute Gasteiger partial charge is 0.326 e. The zero-order chi connectivity index (χ0) is 24.9. The standard InChI is InChI=1S/C26H32N2O6/c1-26(2,3)19(14-23(29)33-4)24(30)28-15-17(13-21(28)25(31)32)16-34-22-12-8-11-20(27-22)18-9-6-5-7-10-18/h5-12,17,19,21H,13-16H2,1-4H3,(H,31,32)/t17-,19-,21+/m1/s1. The fourth-order valence-corrected chi connectivity index (χ4v) is 4.20. The molecule has 1 aromatic heterocycles. The zero-order valence-corrected chi connectivity index (χ0v) is 20.1. The molecule has 3 rings (SSSR count). The fraction of sp³-hybridized carbons (Fsp3) is 0.462. The average Bonchev–Trinajstić information content (AvgIpc) is 3.25. The van der Waals surface area contributed by atoms with E-state index < -0.39 is 29.3 Å². The van der Waals surface area contributed by atoms with Gasteiger partial charge in [0.05, 0.1) is 31.7 Å². The lowest BCUT2D eigenvalue weighted by Gasteiger charge is -2.33. The number of carboxylic acids is 1. The van der Waals surface area contributed by atoms with E-state index in [0.717, 1.165) is 11.3 Å². The summed E-state index contributed by atoms with van der Waals surface area (Å²) in [7, 11) is 1.27. The third-order valence-electron chi connectivity index (χ3n) is 6.16. The van der Waals surface area contributed by atoms with Crippen molar-refractivity contribution in [3.8, 4) is 17.1 Å². The summed E-state index contributed by atoms with van der Waals surface area (Å²) in [6.45, 7) is 6.04. The lowest BCUT2D eigenvalue weighted by atomic mass is 9.77. The van der Waals surface area contributed by atoms with Crippen LogP contribution in [0, 0.1) is 17.3 Å². The summed E-state index contributed by atoms with van der Waals surface area (Å²) >= 11 is 0. The number of pyridine rings is 1. The van der Waals surface area contributed by atoms with Crippen molar-refractivity contribution in [3.63, 3.8) is 0 Å². The Morgan fingerprint density at radius 2 is 1.82 bits per heavy atom. The van der Waals surface area contributed by atoms with Crippen molar-refractivity contribution in [2.24, 2.45) is 17.3 Å². The molecule has 1 fully saturated rings. The Balaban J connectivity index is 1.71. The van der Waals surface area contributed by atoms with Gasteiger partial charge in [0.1, 0.15) is 6.04 Å². The maximum absolute atomic E-state index is 13.4. The minimum absolute atomic E-state index is 0.0982. The van der Waals surface area contributed by atoms with E-state index in [1.165, 1.54) is 12.0 Å². The number of methoxy groups -OCH3 is 1. The molecular formula is C26H32N2O6. The Morgan fingerprint density at radius 1 is 1.12 bits per heavy atom. The molecule has 2 aromatic rings. The van der Waals surface area contributed by atoms with Crippen LogP contribution in [0.2, 0.25) is 0 Å². The number of aromatic nitrogens is 1. The molecule has 34 heavy (non-hydrogen) atoms. The van der Waals surface area contributed by atoms with Crippen LogP contribution in [0.15, 0.2) is 48.5 Å².